The van der Waals surface area contributed by atoms with Crippen molar-refractivity contribution in [2.45, 2.75) is 31.7 Å². The standard InChI is InChI=1S/C26H22N2O4/c29-24(27-18-6-4-5-7-18)17-10-15-22-23(16-17)26(31)28(25(22)30)19-11-13-21(14-12-19)32-20-8-2-1-3-9-20/h1-3,8-16,18H,4-7H2,(H,27,29). The smallest absolute Gasteiger partial charge is 0.266 e. The zero-order valence-corrected chi connectivity index (χ0v) is 17.4. The molecule has 3 amide bonds. The maximum absolute atomic E-state index is 13.0. The van der Waals surface area contributed by atoms with Gasteiger partial charge in [0.2, 0.25) is 0 Å². The molecule has 1 saturated carbocycles. The number of hydrogen-bond donors (Lipinski definition) is 1. The molecule has 6 heteroatoms. The van der Waals surface area contributed by atoms with Gasteiger partial charge in [-0.3, -0.25) is 14.4 Å². The Bertz CT molecular complexity index is 1180. The Morgan fingerprint density at radius 1 is 0.812 bits per heavy atom. The number of hydrogen-bond acceptors (Lipinski definition) is 4. The molecule has 1 aliphatic carbocycles. The second kappa shape index (κ2) is 8.30. The van der Waals surface area contributed by atoms with E-state index in [0.717, 1.165) is 30.6 Å². The highest BCUT2D eigenvalue weighted by Gasteiger charge is 2.37. The number of imide groups is 1. The lowest BCUT2D eigenvalue weighted by Gasteiger charge is -2.14. The molecule has 0 bridgehead atoms. The topological polar surface area (TPSA) is 75.7 Å². The molecule has 0 spiro atoms. The number of nitrogens with zero attached hydrogens (tertiary/aromatic N) is 1. The summed E-state index contributed by atoms with van der Waals surface area (Å²) in [6.07, 6.45) is 4.19. The number of rotatable bonds is 5. The van der Waals surface area contributed by atoms with Crippen LogP contribution < -0.4 is 15.0 Å². The first-order valence-corrected chi connectivity index (χ1v) is 10.8. The summed E-state index contributed by atoms with van der Waals surface area (Å²) in [6, 6.07) is 21.0. The maximum Gasteiger partial charge on any atom is 0.266 e. The third-order valence-electron chi connectivity index (χ3n) is 5.91. The van der Waals surface area contributed by atoms with Gasteiger partial charge in [-0.25, -0.2) is 4.90 Å². The third kappa shape index (κ3) is 3.75. The van der Waals surface area contributed by atoms with Crippen molar-refractivity contribution in [3.05, 3.63) is 89.5 Å². The second-order valence-corrected chi connectivity index (χ2v) is 8.07. The van der Waals surface area contributed by atoms with Crippen LogP contribution in [0.1, 0.15) is 56.8 Å². The molecule has 3 aromatic rings. The summed E-state index contributed by atoms with van der Waals surface area (Å²) in [5.74, 6) is 0.259. The molecular weight excluding hydrogens is 404 g/mol. The molecule has 0 saturated heterocycles. The molecule has 0 unspecified atom stereocenters. The van der Waals surface area contributed by atoms with Crippen LogP contribution in [-0.4, -0.2) is 23.8 Å². The molecule has 3 aromatic carbocycles. The van der Waals surface area contributed by atoms with Crippen molar-refractivity contribution in [1.29, 1.82) is 0 Å². The summed E-state index contributed by atoms with van der Waals surface area (Å²) < 4.78 is 5.78. The largest absolute Gasteiger partial charge is 0.457 e. The Labute approximate surface area is 185 Å². The molecule has 2 aliphatic rings. The summed E-state index contributed by atoms with van der Waals surface area (Å²) in [6.45, 7) is 0. The van der Waals surface area contributed by atoms with E-state index in [4.69, 9.17) is 4.74 Å². The van der Waals surface area contributed by atoms with E-state index in [1.165, 1.54) is 6.07 Å². The highest BCUT2D eigenvalue weighted by atomic mass is 16.5. The van der Waals surface area contributed by atoms with Crippen molar-refractivity contribution in [2.24, 2.45) is 0 Å². The lowest BCUT2D eigenvalue weighted by atomic mass is 10.0. The lowest BCUT2D eigenvalue weighted by molar-refractivity contribution is 0.0921. The van der Waals surface area contributed by atoms with E-state index in [1.54, 1.807) is 36.4 Å². The fourth-order valence-electron chi connectivity index (χ4n) is 4.24. The van der Waals surface area contributed by atoms with Crippen molar-refractivity contribution in [2.75, 3.05) is 4.90 Å². The molecule has 0 aromatic heterocycles. The first kappa shape index (κ1) is 20.0. The molecule has 6 nitrogen and oxygen atoms in total. The molecular formula is C26H22N2O4. The Hall–Kier alpha value is -3.93. The molecule has 0 radical (unpaired) electrons. The second-order valence-electron chi connectivity index (χ2n) is 8.07. The average Bonchev–Trinajstić information content (AvgIpc) is 3.41. The molecule has 1 N–H and O–H groups in total. The minimum absolute atomic E-state index is 0.182. The zero-order valence-electron chi connectivity index (χ0n) is 17.4. The van der Waals surface area contributed by atoms with Crippen LogP contribution in [0, 0.1) is 0 Å². The zero-order chi connectivity index (χ0) is 22.1. The van der Waals surface area contributed by atoms with E-state index < -0.39 is 11.8 Å². The normalized spacial score (nSPS) is 15.7. The number of nitrogens with one attached hydrogen (secondary N) is 1. The summed E-state index contributed by atoms with van der Waals surface area (Å²) in [7, 11) is 0. The number of ether oxygens (including phenoxy) is 1. The first-order valence-electron chi connectivity index (χ1n) is 10.8. The molecule has 5 rings (SSSR count). The van der Waals surface area contributed by atoms with E-state index in [0.29, 0.717) is 28.3 Å². The third-order valence-corrected chi connectivity index (χ3v) is 5.91. The highest BCUT2D eigenvalue weighted by molar-refractivity contribution is 6.34. The van der Waals surface area contributed by atoms with Crippen molar-refractivity contribution >= 4 is 23.4 Å². The molecule has 32 heavy (non-hydrogen) atoms. The van der Waals surface area contributed by atoms with Gasteiger partial charge in [0, 0.05) is 11.6 Å². The van der Waals surface area contributed by atoms with Crippen LogP contribution in [0.5, 0.6) is 11.5 Å². The van der Waals surface area contributed by atoms with Gasteiger partial charge in [-0.1, -0.05) is 31.0 Å². The monoisotopic (exact) mass is 426 g/mol. The van der Waals surface area contributed by atoms with Crippen molar-refractivity contribution in [1.82, 2.24) is 5.32 Å². The van der Waals surface area contributed by atoms with Crippen LogP contribution in [0.3, 0.4) is 0 Å². The predicted octanol–water partition coefficient (Wildman–Crippen LogP) is 4.95. The Kier molecular flexibility index (Phi) is 5.19. The van der Waals surface area contributed by atoms with Gasteiger partial charge in [-0.2, -0.15) is 0 Å². The molecule has 1 fully saturated rings. The maximum atomic E-state index is 13.0. The van der Waals surface area contributed by atoms with Gasteiger partial charge in [0.05, 0.1) is 16.8 Å². The number of amides is 3. The molecule has 0 atom stereocenters. The quantitative estimate of drug-likeness (QED) is 0.586. The van der Waals surface area contributed by atoms with Crippen LogP contribution in [0.25, 0.3) is 0 Å². The van der Waals surface area contributed by atoms with Crippen molar-refractivity contribution < 1.29 is 19.1 Å². The van der Waals surface area contributed by atoms with E-state index in [2.05, 4.69) is 5.32 Å². The van der Waals surface area contributed by atoms with Gasteiger partial charge in [0.1, 0.15) is 11.5 Å². The first-order chi connectivity index (χ1) is 15.6. The Morgan fingerprint density at radius 2 is 1.47 bits per heavy atom. The van der Waals surface area contributed by atoms with Gasteiger partial charge in [0.25, 0.3) is 17.7 Å². The SMILES string of the molecule is O=C(NC1CCCC1)c1ccc2c(c1)C(=O)N(c1ccc(Oc3ccccc3)cc1)C2=O. The number of fused-ring (bicyclic) bond motifs is 1. The fourth-order valence-corrected chi connectivity index (χ4v) is 4.24. The lowest BCUT2D eigenvalue weighted by Crippen LogP contribution is -2.32. The van der Waals surface area contributed by atoms with Gasteiger partial charge in [-0.05, 0) is 67.4 Å². The molecule has 160 valence electrons. The van der Waals surface area contributed by atoms with Gasteiger partial charge >= 0.3 is 0 Å². The minimum Gasteiger partial charge on any atom is -0.457 e. The summed E-state index contributed by atoms with van der Waals surface area (Å²) in [5.41, 5.74) is 1.40. The van der Waals surface area contributed by atoms with Crippen LogP contribution in [-0.2, 0) is 0 Å². The number of carbonyl (C=O) groups is 3. The Morgan fingerprint density at radius 3 is 2.19 bits per heavy atom. The van der Waals surface area contributed by atoms with E-state index >= 15 is 0 Å². The van der Waals surface area contributed by atoms with Crippen LogP contribution in [0.15, 0.2) is 72.8 Å². The number of carbonyl (C=O) groups excluding carboxylic acids is 3. The van der Waals surface area contributed by atoms with E-state index in [-0.39, 0.29) is 17.5 Å². The van der Waals surface area contributed by atoms with Gasteiger partial charge < -0.3 is 10.1 Å². The number of benzene rings is 3. The van der Waals surface area contributed by atoms with Crippen molar-refractivity contribution in [3.8, 4) is 11.5 Å². The summed E-state index contributed by atoms with van der Waals surface area (Å²) >= 11 is 0. The predicted molar refractivity (Wildman–Crippen MR) is 120 cm³/mol. The Balaban J connectivity index is 1.34. The highest BCUT2D eigenvalue weighted by Crippen LogP contribution is 2.31. The van der Waals surface area contributed by atoms with Crippen LogP contribution >= 0.6 is 0 Å². The van der Waals surface area contributed by atoms with Gasteiger partial charge in [0.15, 0.2) is 0 Å². The van der Waals surface area contributed by atoms with E-state index in [9.17, 15) is 14.4 Å². The number of para-hydroxylation sites is 1. The van der Waals surface area contributed by atoms with Gasteiger partial charge in [-0.15, -0.1) is 0 Å². The minimum atomic E-state index is -0.433. The molecule has 1 aliphatic heterocycles. The number of anilines is 1. The van der Waals surface area contributed by atoms with Crippen LogP contribution in [0.2, 0.25) is 0 Å². The summed E-state index contributed by atoms with van der Waals surface area (Å²) in [5, 5.41) is 3.02. The van der Waals surface area contributed by atoms with E-state index in [1.807, 2.05) is 30.3 Å². The van der Waals surface area contributed by atoms with Crippen LogP contribution in [0.4, 0.5) is 5.69 Å². The molecule has 1 heterocycles. The summed E-state index contributed by atoms with van der Waals surface area (Å²) in [4.78, 5) is 39.7. The van der Waals surface area contributed by atoms with Crippen molar-refractivity contribution in [3.63, 3.8) is 0 Å². The average molecular weight is 426 g/mol. The fraction of sp³-hybridized carbons (Fsp3) is 0.192.